The Morgan fingerprint density at radius 3 is 2.32 bits per heavy atom. The fourth-order valence-corrected chi connectivity index (χ4v) is 4.78. The van der Waals surface area contributed by atoms with Gasteiger partial charge in [0.2, 0.25) is 0 Å². The van der Waals surface area contributed by atoms with Crippen LogP contribution in [0.15, 0.2) is 53.5 Å². The first kappa shape index (κ1) is 28.4. The Bertz CT molecular complexity index is 1620. The fourth-order valence-electron chi connectivity index (χ4n) is 4.58. The lowest BCUT2D eigenvalue weighted by Gasteiger charge is -2.23. The van der Waals surface area contributed by atoms with Gasteiger partial charge < -0.3 is 15.4 Å². The van der Waals surface area contributed by atoms with Crippen LogP contribution in [0.3, 0.4) is 0 Å². The van der Waals surface area contributed by atoms with Gasteiger partial charge in [0.25, 0.3) is 17.7 Å². The van der Waals surface area contributed by atoms with E-state index in [0.29, 0.717) is 38.2 Å². The number of halogens is 6. The minimum Gasteiger partial charge on any atom is -0.381 e. The van der Waals surface area contributed by atoms with E-state index in [4.69, 9.17) is 16.3 Å². The molecule has 13 heteroatoms. The van der Waals surface area contributed by atoms with Crippen LogP contribution in [0.2, 0.25) is 5.02 Å². The highest BCUT2D eigenvalue weighted by molar-refractivity contribution is 6.39. The van der Waals surface area contributed by atoms with E-state index >= 15 is 0 Å². The summed E-state index contributed by atoms with van der Waals surface area (Å²) in [5.41, 5.74) is -2.62. The molecule has 1 saturated heterocycles. The Balaban J connectivity index is 1.59. The number of hydrogen-bond donors (Lipinski definition) is 2. The number of aliphatic imine (C=N–C) groups is 1. The number of alkyl halides is 3. The molecule has 0 saturated carbocycles. The predicted octanol–water partition coefficient (Wildman–Crippen LogP) is 5.79. The molecule has 1 fully saturated rings. The largest absolute Gasteiger partial charge is 0.416 e. The van der Waals surface area contributed by atoms with E-state index in [1.54, 1.807) is 0 Å². The molecule has 0 unspecified atom stereocenters. The standard InChI is InChI=1S/C28H19ClF5N3O4/c29-21-2-1-16(30)12-19(21)24-23-20(27(40)37-24)9-14(25(38)35-18-3-5-41-6-4-18)10-22(23)36-26(39)13-7-15(28(32,33)34)11-17(31)8-13/h1-2,7-12,18H,3-6H2,(H,35,38)(H,36,39). The van der Waals surface area contributed by atoms with Crippen molar-refractivity contribution >= 4 is 40.7 Å². The summed E-state index contributed by atoms with van der Waals surface area (Å²) in [7, 11) is 0. The van der Waals surface area contributed by atoms with Crippen molar-refractivity contribution in [2.75, 3.05) is 18.5 Å². The second kappa shape index (κ2) is 11.0. The maximum absolute atomic E-state index is 14.1. The second-order valence-electron chi connectivity index (χ2n) is 9.38. The highest BCUT2D eigenvalue weighted by Crippen LogP contribution is 2.35. The number of anilines is 1. The van der Waals surface area contributed by atoms with E-state index in [0.717, 1.165) is 12.1 Å². The van der Waals surface area contributed by atoms with Gasteiger partial charge in [0.05, 0.1) is 27.5 Å². The van der Waals surface area contributed by atoms with Crippen molar-refractivity contribution in [2.45, 2.75) is 25.1 Å². The zero-order chi connectivity index (χ0) is 29.5. The summed E-state index contributed by atoms with van der Waals surface area (Å²) in [5, 5.41) is 5.21. The van der Waals surface area contributed by atoms with Gasteiger partial charge in [-0.1, -0.05) is 11.6 Å². The fraction of sp³-hybridized carbons (Fsp3) is 0.214. The summed E-state index contributed by atoms with van der Waals surface area (Å²) in [6.45, 7) is 0.877. The molecule has 0 spiro atoms. The summed E-state index contributed by atoms with van der Waals surface area (Å²) in [5.74, 6) is -4.58. The Hall–Kier alpha value is -4.16. The zero-order valence-electron chi connectivity index (χ0n) is 20.9. The maximum Gasteiger partial charge on any atom is 0.416 e. The minimum absolute atomic E-state index is 0.00112. The van der Waals surface area contributed by atoms with Crippen molar-refractivity contribution in [3.8, 4) is 0 Å². The van der Waals surface area contributed by atoms with E-state index in [1.165, 1.54) is 18.2 Å². The SMILES string of the molecule is O=C(Nc1cc(C(=O)NC2CCOCC2)cc2c1C(c1cc(F)ccc1Cl)=NC2=O)c1cc(F)cc(C(F)(F)F)c1. The third kappa shape index (κ3) is 5.98. The number of carbonyl (C=O) groups excluding carboxylic acids is 3. The van der Waals surface area contributed by atoms with Crippen molar-refractivity contribution in [3.63, 3.8) is 0 Å². The molecule has 2 N–H and O–H groups in total. The van der Waals surface area contributed by atoms with Crippen molar-refractivity contribution < 1.29 is 41.1 Å². The van der Waals surface area contributed by atoms with E-state index < -0.39 is 46.7 Å². The molecule has 2 aliphatic heterocycles. The Morgan fingerprint density at radius 1 is 0.902 bits per heavy atom. The number of nitrogens with one attached hydrogen (secondary N) is 2. The lowest BCUT2D eigenvalue weighted by molar-refractivity contribution is -0.137. The maximum atomic E-state index is 14.1. The third-order valence-electron chi connectivity index (χ3n) is 6.56. The topological polar surface area (TPSA) is 96.9 Å². The molecule has 5 rings (SSSR count). The first-order chi connectivity index (χ1) is 19.4. The second-order valence-corrected chi connectivity index (χ2v) is 9.78. The van der Waals surface area contributed by atoms with Crippen molar-refractivity contribution in [1.82, 2.24) is 5.32 Å². The normalized spacial score (nSPS) is 15.4. The molecule has 3 aromatic carbocycles. The van der Waals surface area contributed by atoms with Crippen LogP contribution in [0.25, 0.3) is 0 Å². The highest BCUT2D eigenvalue weighted by atomic mass is 35.5. The summed E-state index contributed by atoms with van der Waals surface area (Å²) < 4.78 is 73.2. The molecule has 0 radical (unpaired) electrons. The minimum atomic E-state index is -4.93. The molecular weight excluding hydrogens is 573 g/mol. The van der Waals surface area contributed by atoms with Crippen LogP contribution in [0.5, 0.6) is 0 Å². The molecule has 0 bridgehead atoms. The molecule has 0 atom stereocenters. The van der Waals surface area contributed by atoms with Crippen molar-refractivity contribution in [3.05, 3.63) is 98.6 Å². The summed E-state index contributed by atoms with van der Waals surface area (Å²) >= 11 is 6.24. The molecule has 3 aromatic rings. The van der Waals surface area contributed by atoms with Crippen molar-refractivity contribution in [1.29, 1.82) is 0 Å². The lowest BCUT2D eigenvalue weighted by Crippen LogP contribution is -2.39. The van der Waals surface area contributed by atoms with E-state index in [-0.39, 0.29) is 50.8 Å². The van der Waals surface area contributed by atoms with Crippen LogP contribution in [0.4, 0.5) is 27.6 Å². The van der Waals surface area contributed by atoms with Crippen LogP contribution >= 0.6 is 11.6 Å². The van der Waals surface area contributed by atoms with Crippen LogP contribution < -0.4 is 10.6 Å². The van der Waals surface area contributed by atoms with E-state index in [9.17, 15) is 36.3 Å². The average Bonchev–Trinajstić information content (AvgIpc) is 3.26. The van der Waals surface area contributed by atoms with Gasteiger partial charge in [-0.2, -0.15) is 13.2 Å². The van der Waals surface area contributed by atoms with E-state index in [1.807, 2.05) is 0 Å². The van der Waals surface area contributed by atoms with Crippen LogP contribution in [0, 0.1) is 11.6 Å². The number of benzene rings is 3. The molecular formula is C28H19ClF5N3O4. The quantitative estimate of drug-likeness (QED) is 0.367. The van der Waals surface area contributed by atoms with Gasteiger partial charge in [0.15, 0.2) is 0 Å². The smallest absolute Gasteiger partial charge is 0.381 e. The molecule has 2 aliphatic rings. The number of amides is 3. The number of rotatable bonds is 5. The Labute approximate surface area is 234 Å². The van der Waals surface area contributed by atoms with Gasteiger partial charge in [-0.05, 0) is 61.4 Å². The van der Waals surface area contributed by atoms with Gasteiger partial charge in [-0.25, -0.2) is 13.8 Å². The van der Waals surface area contributed by atoms with Gasteiger partial charge in [-0.15, -0.1) is 0 Å². The summed E-state index contributed by atoms with van der Waals surface area (Å²) in [4.78, 5) is 43.2. The highest BCUT2D eigenvalue weighted by Gasteiger charge is 2.34. The van der Waals surface area contributed by atoms with Crippen LogP contribution in [-0.4, -0.2) is 42.7 Å². The molecule has 0 aliphatic carbocycles. The molecule has 3 amide bonds. The number of hydrogen-bond acceptors (Lipinski definition) is 4. The zero-order valence-corrected chi connectivity index (χ0v) is 21.6. The van der Waals surface area contributed by atoms with Crippen LogP contribution in [0.1, 0.15) is 60.6 Å². The van der Waals surface area contributed by atoms with Gasteiger partial charge in [0, 0.05) is 41.5 Å². The number of carbonyl (C=O) groups is 3. The Morgan fingerprint density at radius 2 is 1.61 bits per heavy atom. The van der Waals surface area contributed by atoms with E-state index in [2.05, 4.69) is 15.6 Å². The molecule has 212 valence electrons. The molecule has 2 heterocycles. The van der Waals surface area contributed by atoms with Crippen molar-refractivity contribution in [2.24, 2.45) is 4.99 Å². The van der Waals surface area contributed by atoms with Crippen LogP contribution in [-0.2, 0) is 10.9 Å². The lowest BCUT2D eigenvalue weighted by atomic mass is 9.95. The first-order valence-corrected chi connectivity index (χ1v) is 12.6. The van der Waals surface area contributed by atoms with Gasteiger partial charge in [-0.3, -0.25) is 14.4 Å². The van der Waals surface area contributed by atoms with Gasteiger partial charge >= 0.3 is 6.18 Å². The Kier molecular flexibility index (Phi) is 7.62. The predicted molar refractivity (Wildman–Crippen MR) is 138 cm³/mol. The number of ether oxygens (including phenoxy) is 1. The summed E-state index contributed by atoms with van der Waals surface area (Å²) in [6.07, 6.45) is -3.84. The molecule has 7 nitrogen and oxygen atoms in total. The molecule has 41 heavy (non-hydrogen) atoms. The number of nitrogens with zero attached hydrogens (tertiary/aromatic N) is 1. The monoisotopic (exact) mass is 591 g/mol. The third-order valence-corrected chi connectivity index (χ3v) is 6.89. The first-order valence-electron chi connectivity index (χ1n) is 12.3. The summed E-state index contributed by atoms with van der Waals surface area (Å²) in [6, 6.07) is 6.87. The number of fused-ring (bicyclic) bond motifs is 1. The average molecular weight is 592 g/mol. The van der Waals surface area contributed by atoms with Gasteiger partial charge in [0.1, 0.15) is 11.6 Å². The molecule has 0 aromatic heterocycles.